The van der Waals surface area contributed by atoms with Crippen LogP contribution in [0.15, 0.2) is 73.1 Å². The van der Waals surface area contributed by atoms with Gasteiger partial charge in [-0.15, -0.1) is 12.4 Å². The van der Waals surface area contributed by atoms with Gasteiger partial charge in [-0.05, 0) is 41.8 Å². The van der Waals surface area contributed by atoms with Crippen LogP contribution in [-0.2, 0) is 19.7 Å². The lowest BCUT2D eigenvalue weighted by Crippen LogP contribution is -2.13. The van der Waals surface area contributed by atoms with Crippen LogP contribution in [0.25, 0.3) is 0 Å². The summed E-state index contributed by atoms with van der Waals surface area (Å²) >= 11 is 0. The number of nitrogens with one attached hydrogen (secondary N) is 1. The van der Waals surface area contributed by atoms with Gasteiger partial charge in [0.1, 0.15) is 6.61 Å². The van der Waals surface area contributed by atoms with Gasteiger partial charge < -0.3 is 14.8 Å². The number of rotatable bonds is 9. The van der Waals surface area contributed by atoms with Crippen molar-refractivity contribution in [3.8, 4) is 11.5 Å². The molecule has 0 fully saturated rings. The van der Waals surface area contributed by atoms with Gasteiger partial charge in [0.25, 0.3) is 0 Å². The predicted molar refractivity (Wildman–Crippen MR) is 110 cm³/mol. The van der Waals surface area contributed by atoms with E-state index in [0.29, 0.717) is 13.2 Å². The molecule has 1 aromatic heterocycles. The summed E-state index contributed by atoms with van der Waals surface area (Å²) in [7, 11) is 0. The van der Waals surface area contributed by atoms with Crippen LogP contribution in [-0.4, -0.2) is 11.6 Å². The second kappa shape index (κ2) is 11.2. The summed E-state index contributed by atoms with van der Waals surface area (Å²) in [6.07, 6.45) is 3.66. The highest BCUT2D eigenvalue weighted by atomic mass is 35.5. The fourth-order valence-electron chi connectivity index (χ4n) is 2.64. The molecule has 0 aliphatic rings. The van der Waals surface area contributed by atoms with E-state index in [4.69, 9.17) is 9.47 Å². The molecule has 3 aromatic rings. The molecule has 0 amide bonds. The molecule has 142 valence electrons. The first kappa shape index (κ1) is 20.7. The first-order chi connectivity index (χ1) is 12.8. The number of nitrogens with zero attached hydrogens (tertiary/aromatic N) is 1. The zero-order valence-electron chi connectivity index (χ0n) is 15.4. The molecular weight excluding hydrogens is 360 g/mol. The van der Waals surface area contributed by atoms with Gasteiger partial charge in [-0.25, -0.2) is 0 Å². The van der Waals surface area contributed by atoms with Crippen molar-refractivity contribution in [1.29, 1.82) is 0 Å². The molecule has 0 saturated heterocycles. The zero-order chi connectivity index (χ0) is 18.0. The molecule has 0 aliphatic carbocycles. The number of ether oxygens (including phenoxy) is 2. The van der Waals surface area contributed by atoms with Crippen molar-refractivity contribution in [3.63, 3.8) is 0 Å². The van der Waals surface area contributed by atoms with Crippen LogP contribution in [0.3, 0.4) is 0 Å². The van der Waals surface area contributed by atoms with E-state index >= 15 is 0 Å². The van der Waals surface area contributed by atoms with Crippen molar-refractivity contribution < 1.29 is 9.47 Å². The summed E-state index contributed by atoms with van der Waals surface area (Å²) in [6.45, 7) is 4.65. The molecule has 27 heavy (non-hydrogen) atoms. The van der Waals surface area contributed by atoms with Gasteiger partial charge in [0.2, 0.25) is 0 Å². The van der Waals surface area contributed by atoms with Crippen molar-refractivity contribution in [2.75, 3.05) is 6.61 Å². The number of benzene rings is 2. The van der Waals surface area contributed by atoms with Gasteiger partial charge in [0, 0.05) is 25.5 Å². The molecule has 5 heteroatoms. The van der Waals surface area contributed by atoms with Crippen LogP contribution in [0.4, 0.5) is 0 Å². The van der Waals surface area contributed by atoms with Gasteiger partial charge in [-0.3, -0.25) is 4.98 Å². The van der Waals surface area contributed by atoms with Crippen LogP contribution in [0.5, 0.6) is 11.5 Å². The Morgan fingerprint density at radius 1 is 0.815 bits per heavy atom. The Balaban J connectivity index is 0.00000261. The summed E-state index contributed by atoms with van der Waals surface area (Å²) in [4.78, 5) is 4.13. The summed E-state index contributed by atoms with van der Waals surface area (Å²) in [6, 6.07) is 20.2. The average molecular weight is 385 g/mol. The summed E-state index contributed by atoms with van der Waals surface area (Å²) < 4.78 is 11.7. The highest BCUT2D eigenvalue weighted by Crippen LogP contribution is 2.29. The molecule has 3 rings (SSSR count). The largest absolute Gasteiger partial charge is 0.490 e. The normalized spacial score (nSPS) is 10.1. The van der Waals surface area contributed by atoms with Crippen molar-refractivity contribution in [3.05, 3.63) is 89.7 Å². The molecule has 0 bridgehead atoms. The fourth-order valence-corrected chi connectivity index (χ4v) is 2.64. The summed E-state index contributed by atoms with van der Waals surface area (Å²) in [5, 5.41) is 3.43. The number of hydrogen-bond acceptors (Lipinski definition) is 4. The summed E-state index contributed by atoms with van der Waals surface area (Å²) in [5.74, 6) is 1.55. The monoisotopic (exact) mass is 384 g/mol. The molecule has 0 spiro atoms. The van der Waals surface area contributed by atoms with Crippen molar-refractivity contribution in [2.45, 2.75) is 26.6 Å². The highest BCUT2D eigenvalue weighted by molar-refractivity contribution is 5.85. The number of hydrogen-bond donors (Lipinski definition) is 1. The minimum absolute atomic E-state index is 0. The Morgan fingerprint density at radius 3 is 2.33 bits per heavy atom. The molecule has 1 N–H and O–H groups in total. The second-order valence-electron chi connectivity index (χ2n) is 5.95. The van der Waals surface area contributed by atoms with Gasteiger partial charge in [0.15, 0.2) is 11.5 Å². The maximum atomic E-state index is 5.95. The minimum Gasteiger partial charge on any atom is -0.490 e. The molecule has 0 aliphatic heterocycles. The van der Waals surface area contributed by atoms with E-state index in [9.17, 15) is 0 Å². The lowest BCUT2D eigenvalue weighted by molar-refractivity contribution is 0.269. The first-order valence-corrected chi connectivity index (χ1v) is 8.87. The van der Waals surface area contributed by atoms with Crippen molar-refractivity contribution >= 4 is 12.4 Å². The van der Waals surface area contributed by atoms with E-state index in [2.05, 4.69) is 34.6 Å². The third-order valence-electron chi connectivity index (χ3n) is 3.93. The number of halogens is 1. The molecule has 0 saturated carbocycles. The molecule has 2 aromatic carbocycles. The van der Waals surface area contributed by atoms with Crippen molar-refractivity contribution in [1.82, 2.24) is 10.3 Å². The van der Waals surface area contributed by atoms with Gasteiger partial charge in [0.05, 0.1) is 6.61 Å². The molecule has 1 heterocycles. The predicted octanol–water partition coefficient (Wildman–Crippen LogP) is 4.77. The highest BCUT2D eigenvalue weighted by Gasteiger charge is 2.07. The van der Waals surface area contributed by atoms with E-state index in [-0.39, 0.29) is 12.4 Å². The lowest BCUT2D eigenvalue weighted by Gasteiger charge is -2.14. The Labute approximate surface area is 167 Å². The Kier molecular flexibility index (Phi) is 8.62. The SMILES string of the molecule is CCOc1cc(CNCc2cccnc2)ccc1OCc1ccccc1.Cl. The molecule has 0 unspecified atom stereocenters. The zero-order valence-corrected chi connectivity index (χ0v) is 16.2. The minimum atomic E-state index is 0. The van der Waals surface area contributed by atoms with E-state index in [0.717, 1.165) is 35.7 Å². The average Bonchev–Trinajstić information content (AvgIpc) is 2.69. The maximum Gasteiger partial charge on any atom is 0.161 e. The molecular formula is C22H25ClN2O2. The second-order valence-corrected chi connectivity index (χ2v) is 5.95. The first-order valence-electron chi connectivity index (χ1n) is 8.87. The Morgan fingerprint density at radius 2 is 1.59 bits per heavy atom. The standard InChI is InChI=1S/C22H24N2O2.ClH/c1-2-25-22-13-19(14-24-16-20-9-6-12-23-15-20)10-11-21(22)26-17-18-7-4-3-5-8-18;/h3-13,15,24H,2,14,16-17H2,1H3;1H. The molecule has 4 nitrogen and oxygen atoms in total. The number of aromatic nitrogens is 1. The molecule has 0 radical (unpaired) electrons. The van der Waals surface area contributed by atoms with Gasteiger partial charge in [-0.1, -0.05) is 42.5 Å². The van der Waals surface area contributed by atoms with E-state index in [1.807, 2.05) is 49.5 Å². The fraction of sp³-hybridized carbons (Fsp3) is 0.227. The van der Waals surface area contributed by atoms with E-state index < -0.39 is 0 Å². The van der Waals surface area contributed by atoms with Crippen molar-refractivity contribution in [2.24, 2.45) is 0 Å². The van der Waals surface area contributed by atoms with E-state index in [1.54, 1.807) is 6.20 Å². The van der Waals surface area contributed by atoms with Crippen LogP contribution in [0.1, 0.15) is 23.6 Å². The Hall–Kier alpha value is -2.56. The summed E-state index contributed by atoms with van der Waals surface area (Å²) in [5.41, 5.74) is 3.46. The Bertz CT molecular complexity index is 798. The van der Waals surface area contributed by atoms with Crippen LogP contribution in [0, 0.1) is 0 Å². The van der Waals surface area contributed by atoms with Gasteiger partial charge in [-0.2, -0.15) is 0 Å². The number of pyridine rings is 1. The van der Waals surface area contributed by atoms with Crippen LogP contribution >= 0.6 is 12.4 Å². The lowest BCUT2D eigenvalue weighted by atomic mass is 10.2. The third kappa shape index (κ3) is 6.59. The van der Waals surface area contributed by atoms with Gasteiger partial charge >= 0.3 is 0 Å². The van der Waals surface area contributed by atoms with Crippen LogP contribution < -0.4 is 14.8 Å². The molecule has 0 atom stereocenters. The van der Waals surface area contributed by atoms with E-state index in [1.165, 1.54) is 5.56 Å². The topological polar surface area (TPSA) is 43.4 Å². The maximum absolute atomic E-state index is 5.95. The third-order valence-corrected chi connectivity index (χ3v) is 3.93. The van der Waals surface area contributed by atoms with Crippen LogP contribution in [0.2, 0.25) is 0 Å². The smallest absolute Gasteiger partial charge is 0.161 e. The quantitative estimate of drug-likeness (QED) is 0.577.